The van der Waals surface area contributed by atoms with Crippen LogP contribution in [0.3, 0.4) is 0 Å². The van der Waals surface area contributed by atoms with E-state index in [4.69, 9.17) is 0 Å². The van der Waals surface area contributed by atoms with E-state index in [0.717, 1.165) is 6.42 Å². The molecule has 0 amide bonds. The number of carboxylic acid groups (broad SMARTS) is 1. The Balaban J connectivity index is 2.77. The average Bonchev–Trinajstić information content (AvgIpc) is 2.03. The van der Waals surface area contributed by atoms with Crippen molar-refractivity contribution in [1.29, 1.82) is 0 Å². The second kappa shape index (κ2) is 3.95. The van der Waals surface area contributed by atoms with Crippen molar-refractivity contribution in [2.24, 2.45) is 17.8 Å². The van der Waals surface area contributed by atoms with Crippen molar-refractivity contribution in [3.05, 3.63) is 11.6 Å². The molecule has 0 saturated heterocycles. The molecule has 2 heteroatoms. The highest BCUT2D eigenvalue weighted by molar-refractivity contribution is 5.68. The monoisotopic (exact) mass is 181 g/mol. The number of hydrogen-bond donors (Lipinski definition) is 0. The van der Waals surface area contributed by atoms with Crippen LogP contribution < -0.4 is 5.11 Å². The first-order chi connectivity index (χ1) is 6.02. The van der Waals surface area contributed by atoms with E-state index in [1.165, 1.54) is 5.57 Å². The van der Waals surface area contributed by atoms with Gasteiger partial charge >= 0.3 is 0 Å². The molecule has 1 aliphatic carbocycles. The number of aliphatic carboxylic acids is 1. The van der Waals surface area contributed by atoms with Crippen LogP contribution in [0, 0.1) is 17.8 Å². The highest BCUT2D eigenvalue weighted by Crippen LogP contribution is 2.34. The summed E-state index contributed by atoms with van der Waals surface area (Å²) in [4.78, 5) is 10.8. The fraction of sp³-hybridized carbons (Fsp3) is 0.727. The molecule has 0 saturated carbocycles. The van der Waals surface area contributed by atoms with Gasteiger partial charge in [-0.1, -0.05) is 25.5 Å². The van der Waals surface area contributed by atoms with Crippen molar-refractivity contribution in [3.63, 3.8) is 0 Å². The Morgan fingerprint density at radius 1 is 1.62 bits per heavy atom. The number of carbonyl (C=O) groups is 1. The van der Waals surface area contributed by atoms with Crippen molar-refractivity contribution in [3.8, 4) is 0 Å². The molecule has 0 aromatic carbocycles. The van der Waals surface area contributed by atoms with E-state index in [-0.39, 0.29) is 11.8 Å². The molecule has 13 heavy (non-hydrogen) atoms. The zero-order valence-corrected chi connectivity index (χ0v) is 8.54. The summed E-state index contributed by atoms with van der Waals surface area (Å²) in [6.07, 6.45) is 3.59. The second-order valence-electron chi connectivity index (χ2n) is 4.32. The summed E-state index contributed by atoms with van der Waals surface area (Å²) in [5, 5.41) is 10.8. The maximum atomic E-state index is 10.8. The normalized spacial score (nSPS) is 28.8. The van der Waals surface area contributed by atoms with Gasteiger partial charge < -0.3 is 9.90 Å². The lowest BCUT2D eigenvalue weighted by atomic mass is 9.74. The Bertz CT molecular complexity index is 228. The highest BCUT2D eigenvalue weighted by atomic mass is 16.4. The van der Waals surface area contributed by atoms with Crippen LogP contribution in [0.1, 0.15) is 33.6 Å². The zero-order chi connectivity index (χ0) is 10.0. The van der Waals surface area contributed by atoms with Gasteiger partial charge in [-0.15, -0.1) is 0 Å². The smallest absolute Gasteiger partial charge is 0.0451 e. The van der Waals surface area contributed by atoms with E-state index in [1.807, 2.05) is 6.08 Å². The molecule has 0 heterocycles. The number of carbonyl (C=O) groups excluding carboxylic acids is 1. The standard InChI is InChI=1S/C11H18O2/c1-7(2)10-6-8(3)4-5-9(10)11(12)13/h4,7,9-10H,5-6H2,1-3H3,(H,12,13)/p-1. The van der Waals surface area contributed by atoms with Gasteiger partial charge in [0, 0.05) is 11.9 Å². The average molecular weight is 181 g/mol. The van der Waals surface area contributed by atoms with E-state index < -0.39 is 5.97 Å². The zero-order valence-electron chi connectivity index (χ0n) is 8.54. The first-order valence-electron chi connectivity index (χ1n) is 4.89. The van der Waals surface area contributed by atoms with E-state index in [2.05, 4.69) is 20.8 Å². The lowest BCUT2D eigenvalue weighted by Gasteiger charge is -2.34. The van der Waals surface area contributed by atoms with Crippen molar-refractivity contribution in [2.45, 2.75) is 33.6 Å². The molecule has 0 fully saturated rings. The Kier molecular flexibility index (Phi) is 3.12. The minimum atomic E-state index is -0.887. The van der Waals surface area contributed by atoms with Gasteiger partial charge in [0.1, 0.15) is 0 Å². The van der Waals surface area contributed by atoms with Crippen LogP contribution in [-0.4, -0.2) is 5.97 Å². The summed E-state index contributed by atoms with van der Waals surface area (Å²) in [6, 6.07) is 0. The molecule has 1 aliphatic rings. The highest BCUT2D eigenvalue weighted by Gasteiger charge is 2.27. The van der Waals surface area contributed by atoms with Crippen molar-refractivity contribution in [1.82, 2.24) is 0 Å². The van der Waals surface area contributed by atoms with Gasteiger partial charge in [0.2, 0.25) is 0 Å². The van der Waals surface area contributed by atoms with Gasteiger partial charge in [0.15, 0.2) is 0 Å². The molecule has 74 valence electrons. The number of allylic oxidation sites excluding steroid dienone is 2. The third-order valence-electron chi connectivity index (χ3n) is 2.95. The fourth-order valence-corrected chi connectivity index (χ4v) is 2.07. The Morgan fingerprint density at radius 2 is 2.23 bits per heavy atom. The molecule has 2 unspecified atom stereocenters. The minimum absolute atomic E-state index is 0.259. The Morgan fingerprint density at radius 3 is 2.69 bits per heavy atom. The summed E-state index contributed by atoms with van der Waals surface area (Å²) in [5.74, 6) is -0.479. The minimum Gasteiger partial charge on any atom is -0.550 e. The maximum absolute atomic E-state index is 10.8. The summed E-state index contributed by atoms with van der Waals surface area (Å²) in [6.45, 7) is 6.24. The van der Waals surface area contributed by atoms with Crippen molar-refractivity contribution < 1.29 is 9.90 Å². The number of rotatable bonds is 2. The fourth-order valence-electron chi connectivity index (χ4n) is 2.07. The molecule has 0 aliphatic heterocycles. The van der Waals surface area contributed by atoms with Crippen molar-refractivity contribution >= 4 is 5.97 Å². The van der Waals surface area contributed by atoms with Crippen LogP contribution in [-0.2, 0) is 4.79 Å². The number of hydrogen-bond acceptors (Lipinski definition) is 2. The molecule has 2 nitrogen and oxygen atoms in total. The van der Waals surface area contributed by atoms with Crippen molar-refractivity contribution in [2.75, 3.05) is 0 Å². The molecule has 0 N–H and O–H groups in total. The van der Waals surface area contributed by atoms with Gasteiger partial charge in [0.05, 0.1) is 0 Å². The van der Waals surface area contributed by atoms with Crippen LogP contribution >= 0.6 is 0 Å². The number of carboxylic acids is 1. The maximum Gasteiger partial charge on any atom is 0.0451 e. The Labute approximate surface area is 79.6 Å². The molecule has 2 atom stereocenters. The molecule has 0 aromatic heterocycles. The summed E-state index contributed by atoms with van der Waals surface area (Å²) < 4.78 is 0. The predicted molar refractivity (Wildman–Crippen MR) is 49.8 cm³/mol. The van der Waals surface area contributed by atoms with Crippen LogP contribution in [0.25, 0.3) is 0 Å². The van der Waals surface area contributed by atoms with E-state index >= 15 is 0 Å². The van der Waals surface area contributed by atoms with Gasteiger partial charge in [-0.05, 0) is 31.6 Å². The third-order valence-corrected chi connectivity index (χ3v) is 2.95. The largest absolute Gasteiger partial charge is 0.550 e. The summed E-state index contributed by atoms with van der Waals surface area (Å²) >= 11 is 0. The molecule has 0 bridgehead atoms. The SMILES string of the molecule is CC1=CCC(C(=O)[O-])C(C(C)C)C1. The molecule has 0 radical (unpaired) electrons. The molecule has 0 spiro atoms. The third kappa shape index (κ3) is 2.33. The van der Waals surface area contributed by atoms with Gasteiger partial charge in [0.25, 0.3) is 0 Å². The molecule has 0 aromatic rings. The van der Waals surface area contributed by atoms with Crippen LogP contribution in [0.2, 0.25) is 0 Å². The Hall–Kier alpha value is -0.790. The van der Waals surface area contributed by atoms with Gasteiger partial charge in [-0.3, -0.25) is 0 Å². The summed E-state index contributed by atoms with van der Waals surface area (Å²) in [5.41, 5.74) is 1.32. The molecular formula is C11H17O2-. The predicted octanol–water partition coefficient (Wildman–Crippen LogP) is 1.36. The lowest BCUT2D eigenvalue weighted by Crippen LogP contribution is -2.39. The second-order valence-corrected chi connectivity index (χ2v) is 4.32. The quantitative estimate of drug-likeness (QED) is 0.603. The first-order valence-corrected chi connectivity index (χ1v) is 4.89. The molecule has 1 rings (SSSR count). The molecular weight excluding hydrogens is 164 g/mol. The van der Waals surface area contributed by atoms with E-state index in [1.54, 1.807) is 0 Å². The van der Waals surface area contributed by atoms with Crippen LogP contribution in [0.4, 0.5) is 0 Å². The first kappa shape index (κ1) is 10.3. The van der Waals surface area contributed by atoms with Gasteiger partial charge in [-0.2, -0.15) is 0 Å². The lowest BCUT2D eigenvalue weighted by molar-refractivity contribution is -0.314. The van der Waals surface area contributed by atoms with Crippen LogP contribution in [0.15, 0.2) is 11.6 Å². The topological polar surface area (TPSA) is 40.1 Å². The van der Waals surface area contributed by atoms with E-state index in [9.17, 15) is 9.90 Å². The van der Waals surface area contributed by atoms with Crippen LogP contribution in [0.5, 0.6) is 0 Å². The van der Waals surface area contributed by atoms with Gasteiger partial charge in [-0.25, -0.2) is 0 Å². The van der Waals surface area contributed by atoms with E-state index in [0.29, 0.717) is 12.3 Å². The summed E-state index contributed by atoms with van der Waals surface area (Å²) in [7, 11) is 0.